The van der Waals surface area contributed by atoms with Crippen molar-refractivity contribution in [2.75, 3.05) is 6.54 Å². The van der Waals surface area contributed by atoms with Crippen molar-refractivity contribution in [2.45, 2.75) is 19.4 Å². The van der Waals surface area contributed by atoms with Crippen molar-refractivity contribution in [2.24, 2.45) is 16.5 Å². The van der Waals surface area contributed by atoms with Crippen LogP contribution in [0.3, 0.4) is 0 Å². The van der Waals surface area contributed by atoms with E-state index in [4.69, 9.17) is 32.9 Å². The number of ether oxygens (including phenoxy) is 1. The number of nitrogens with two attached hydrogens (primary N) is 2. The molecule has 0 aromatic heterocycles. The highest BCUT2D eigenvalue weighted by molar-refractivity contribution is 6.31. The average molecular weight is 589 g/mol. The van der Waals surface area contributed by atoms with E-state index in [2.05, 4.69) is 4.99 Å². The molecule has 0 unspecified atom stereocenters. The van der Waals surface area contributed by atoms with Crippen LogP contribution in [0, 0.1) is 0 Å². The van der Waals surface area contributed by atoms with Crippen LogP contribution in [0.1, 0.15) is 38.3 Å². The molecule has 0 radical (unpaired) electrons. The van der Waals surface area contributed by atoms with E-state index in [0.717, 1.165) is 4.90 Å². The molecule has 11 nitrogen and oxygen atoms in total. The molecule has 210 valence electrons. The minimum Gasteiger partial charge on any atom is -0.480 e. The fourth-order valence-electron chi connectivity index (χ4n) is 3.58. The standard InChI is InChI=1S/C27H25ClN4O7.ClH/c28-22-13-21(39-26(38)17-5-8-20(9-6-17)31-27(29)30)10-7-19(22)14-32(15-24(34)35)23(33)11-4-16-2-1-3-18(12-16)25(36)37;/h1-3,5-10,12-13H,4,11,14-15H2,(H,34,35)(H,36,37)(H4,29,30,31);1H. The van der Waals surface area contributed by atoms with E-state index >= 15 is 0 Å². The highest BCUT2D eigenvalue weighted by Gasteiger charge is 2.19. The van der Waals surface area contributed by atoms with Gasteiger partial charge in [-0.1, -0.05) is 29.8 Å². The van der Waals surface area contributed by atoms with Gasteiger partial charge < -0.3 is 31.3 Å². The largest absolute Gasteiger partial charge is 0.480 e. The summed E-state index contributed by atoms with van der Waals surface area (Å²) in [5.74, 6) is -3.35. The van der Waals surface area contributed by atoms with Crippen molar-refractivity contribution in [3.8, 4) is 5.75 Å². The number of halogens is 2. The Morgan fingerprint density at radius 2 is 1.62 bits per heavy atom. The molecule has 0 atom stereocenters. The van der Waals surface area contributed by atoms with Crippen LogP contribution < -0.4 is 16.2 Å². The maximum absolute atomic E-state index is 12.9. The van der Waals surface area contributed by atoms with Crippen LogP contribution >= 0.6 is 24.0 Å². The number of guanidine groups is 1. The number of carboxylic acid groups (broad SMARTS) is 2. The normalized spacial score (nSPS) is 10.1. The molecular weight excluding hydrogens is 563 g/mol. The first-order chi connectivity index (χ1) is 18.5. The van der Waals surface area contributed by atoms with E-state index in [1.54, 1.807) is 24.3 Å². The Kier molecular flexibility index (Phi) is 11.5. The molecule has 3 rings (SSSR count). The van der Waals surface area contributed by atoms with Crippen LogP contribution in [0.5, 0.6) is 5.75 Å². The second-order valence-corrected chi connectivity index (χ2v) is 8.78. The fraction of sp³-hybridized carbons (Fsp3) is 0.148. The van der Waals surface area contributed by atoms with Crippen LogP contribution in [0.15, 0.2) is 71.7 Å². The third-order valence-electron chi connectivity index (χ3n) is 5.44. The zero-order valence-corrected chi connectivity index (χ0v) is 22.5. The van der Waals surface area contributed by atoms with Crippen molar-refractivity contribution in [3.05, 3.63) is 94.0 Å². The maximum atomic E-state index is 12.9. The SMILES string of the molecule is Cl.NC(N)=Nc1ccc(C(=O)Oc2ccc(CN(CC(=O)O)C(=O)CCc3cccc(C(=O)O)c3)c(Cl)c2)cc1. The van der Waals surface area contributed by atoms with Gasteiger partial charge in [-0.2, -0.15) is 0 Å². The number of hydrogen-bond donors (Lipinski definition) is 4. The van der Waals surface area contributed by atoms with Gasteiger partial charge in [0, 0.05) is 18.0 Å². The molecule has 6 N–H and O–H groups in total. The summed E-state index contributed by atoms with van der Waals surface area (Å²) in [6.45, 7) is -0.656. The summed E-state index contributed by atoms with van der Waals surface area (Å²) in [7, 11) is 0. The number of hydrogen-bond acceptors (Lipinski definition) is 6. The number of aromatic carboxylic acids is 1. The minimum atomic E-state index is -1.20. The topological polar surface area (TPSA) is 186 Å². The number of carboxylic acids is 2. The summed E-state index contributed by atoms with van der Waals surface area (Å²) in [6.07, 6.45) is 0.192. The fourth-order valence-corrected chi connectivity index (χ4v) is 3.81. The van der Waals surface area contributed by atoms with Gasteiger partial charge in [-0.25, -0.2) is 14.6 Å². The Morgan fingerprint density at radius 3 is 2.23 bits per heavy atom. The molecule has 0 saturated heterocycles. The lowest BCUT2D eigenvalue weighted by Crippen LogP contribution is -2.35. The monoisotopic (exact) mass is 588 g/mol. The van der Waals surface area contributed by atoms with E-state index in [1.807, 2.05) is 0 Å². The summed E-state index contributed by atoms with van der Waals surface area (Å²) < 4.78 is 5.36. The highest BCUT2D eigenvalue weighted by atomic mass is 35.5. The van der Waals surface area contributed by atoms with Gasteiger partial charge in [0.1, 0.15) is 12.3 Å². The lowest BCUT2D eigenvalue weighted by atomic mass is 10.1. The molecule has 1 amide bonds. The number of aryl methyl sites for hydroxylation is 1. The van der Waals surface area contributed by atoms with Crippen LogP contribution in [-0.4, -0.2) is 51.4 Å². The van der Waals surface area contributed by atoms with Crippen molar-refractivity contribution in [1.82, 2.24) is 4.90 Å². The minimum absolute atomic E-state index is 0. The summed E-state index contributed by atoms with van der Waals surface area (Å²) >= 11 is 6.36. The van der Waals surface area contributed by atoms with Crippen LogP contribution in [0.4, 0.5) is 5.69 Å². The zero-order chi connectivity index (χ0) is 28.5. The maximum Gasteiger partial charge on any atom is 0.343 e. The van der Waals surface area contributed by atoms with E-state index in [1.165, 1.54) is 42.5 Å². The first kappa shape index (κ1) is 31.6. The number of nitrogens with zero attached hydrogens (tertiary/aromatic N) is 2. The number of carbonyl (C=O) groups is 4. The summed E-state index contributed by atoms with van der Waals surface area (Å²) in [6, 6.07) is 16.7. The summed E-state index contributed by atoms with van der Waals surface area (Å²) in [5, 5.41) is 18.6. The first-order valence-electron chi connectivity index (χ1n) is 11.5. The van der Waals surface area contributed by atoms with Crippen molar-refractivity contribution < 1.29 is 34.1 Å². The Morgan fingerprint density at radius 1 is 0.925 bits per heavy atom. The lowest BCUT2D eigenvalue weighted by molar-refractivity contribution is -0.144. The van der Waals surface area contributed by atoms with Gasteiger partial charge in [-0.05, 0) is 66.1 Å². The molecule has 3 aromatic carbocycles. The molecule has 0 fully saturated rings. The molecule has 13 heteroatoms. The van der Waals surface area contributed by atoms with E-state index < -0.39 is 30.4 Å². The number of carbonyl (C=O) groups excluding carboxylic acids is 2. The molecule has 3 aromatic rings. The molecule has 0 heterocycles. The summed E-state index contributed by atoms with van der Waals surface area (Å²) in [5.41, 5.74) is 12.5. The number of rotatable bonds is 11. The third kappa shape index (κ3) is 9.29. The van der Waals surface area contributed by atoms with Crippen LogP contribution in [0.2, 0.25) is 5.02 Å². The molecule has 0 spiro atoms. The summed E-state index contributed by atoms with van der Waals surface area (Å²) in [4.78, 5) is 52.9. The number of amides is 1. The molecular formula is C27H26Cl2N4O7. The van der Waals surface area contributed by atoms with E-state index in [-0.39, 0.29) is 59.7 Å². The second-order valence-electron chi connectivity index (χ2n) is 8.38. The second kappa shape index (κ2) is 14.5. The van der Waals surface area contributed by atoms with Crippen molar-refractivity contribution >= 4 is 59.5 Å². The Balaban J connectivity index is 0.00000560. The number of aliphatic carboxylic acids is 1. The van der Waals surface area contributed by atoms with Gasteiger partial charge >= 0.3 is 17.9 Å². The highest BCUT2D eigenvalue weighted by Crippen LogP contribution is 2.25. The Hall–Kier alpha value is -4.61. The molecule has 0 aliphatic heterocycles. The van der Waals surface area contributed by atoms with Gasteiger partial charge in [0.2, 0.25) is 5.91 Å². The van der Waals surface area contributed by atoms with E-state index in [9.17, 15) is 24.3 Å². The molecule has 0 aliphatic carbocycles. The Bertz CT molecular complexity index is 1420. The first-order valence-corrected chi connectivity index (χ1v) is 11.9. The van der Waals surface area contributed by atoms with Gasteiger partial charge in [0.15, 0.2) is 5.96 Å². The predicted octanol–water partition coefficient (Wildman–Crippen LogP) is 3.63. The van der Waals surface area contributed by atoms with Gasteiger partial charge in [-0.3, -0.25) is 9.59 Å². The number of benzene rings is 3. The van der Waals surface area contributed by atoms with Crippen molar-refractivity contribution in [3.63, 3.8) is 0 Å². The molecule has 40 heavy (non-hydrogen) atoms. The van der Waals surface area contributed by atoms with Crippen molar-refractivity contribution in [1.29, 1.82) is 0 Å². The third-order valence-corrected chi connectivity index (χ3v) is 5.79. The van der Waals surface area contributed by atoms with Gasteiger partial charge in [-0.15, -0.1) is 12.4 Å². The molecule has 0 aliphatic rings. The molecule has 0 saturated carbocycles. The van der Waals surface area contributed by atoms with Gasteiger partial charge in [0.25, 0.3) is 0 Å². The van der Waals surface area contributed by atoms with E-state index in [0.29, 0.717) is 16.8 Å². The van der Waals surface area contributed by atoms with Crippen LogP contribution in [-0.2, 0) is 22.6 Å². The van der Waals surface area contributed by atoms with Gasteiger partial charge in [0.05, 0.1) is 16.8 Å². The number of esters is 1. The zero-order valence-electron chi connectivity index (χ0n) is 21.0. The lowest BCUT2D eigenvalue weighted by Gasteiger charge is -2.22. The number of aliphatic imine (C=N–C) groups is 1. The average Bonchev–Trinajstić information content (AvgIpc) is 2.88. The predicted molar refractivity (Wildman–Crippen MR) is 150 cm³/mol. The smallest absolute Gasteiger partial charge is 0.343 e. The Labute approximate surface area is 240 Å². The quantitative estimate of drug-likeness (QED) is 0.112. The van der Waals surface area contributed by atoms with Crippen LogP contribution in [0.25, 0.3) is 0 Å². The molecule has 0 bridgehead atoms.